The Bertz CT molecular complexity index is 1050. The number of hydrogen-bond donors (Lipinski definition) is 0. The summed E-state index contributed by atoms with van der Waals surface area (Å²) in [6.45, 7) is 0. The van der Waals surface area contributed by atoms with E-state index in [9.17, 15) is 17.6 Å². The van der Waals surface area contributed by atoms with Gasteiger partial charge in [0.05, 0.1) is 16.1 Å². The van der Waals surface area contributed by atoms with Crippen LogP contribution in [0.1, 0.15) is 10.4 Å². The van der Waals surface area contributed by atoms with Crippen molar-refractivity contribution < 1.29 is 22.3 Å². The molecule has 0 aliphatic rings. The lowest BCUT2D eigenvalue weighted by Crippen LogP contribution is -2.26. The minimum atomic E-state index is -3.69. The molecule has 0 saturated heterocycles. The van der Waals surface area contributed by atoms with Crippen molar-refractivity contribution >= 4 is 21.7 Å². The van der Waals surface area contributed by atoms with Crippen molar-refractivity contribution in [3.05, 3.63) is 90.2 Å². The molecule has 0 aliphatic heterocycles. The third-order valence-electron chi connectivity index (χ3n) is 3.87. The van der Waals surface area contributed by atoms with Crippen LogP contribution in [0.2, 0.25) is 0 Å². The van der Waals surface area contributed by atoms with Crippen LogP contribution < -0.4 is 9.04 Å². The predicted molar refractivity (Wildman–Crippen MR) is 99.8 cm³/mol. The molecular formula is C20H16FNO4S. The topological polar surface area (TPSA) is 63.7 Å². The molecule has 0 heterocycles. The van der Waals surface area contributed by atoms with Gasteiger partial charge in [-0.15, -0.1) is 0 Å². The molecule has 7 heteroatoms. The van der Waals surface area contributed by atoms with E-state index in [1.54, 1.807) is 18.2 Å². The number of carbonyl (C=O) groups excluding carboxylic acids is 1. The summed E-state index contributed by atoms with van der Waals surface area (Å²) in [6, 6.07) is 19.2. The Morgan fingerprint density at radius 2 is 1.59 bits per heavy atom. The van der Waals surface area contributed by atoms with Gasteiger partial charge in [-0.2, -0.15) is 0 Å². The molecule has 5 nitrogen and oxygen atoms in total. The molecule has 27 heavy (non-hydrogen) atoms. The van der Waals surface area contributed by atoms with Gasteiger partial charge in [0.15, 0.2) is 0 Å². The van der Waals surface area contributed by atoms with Crippen LogP contribution in [0.3, 0.4) is 0 Å². The summed E-state index contributed by atoms with van der Waals surface area (Å²) in [5.41, 5.74) is 0.493. The molecule has 0 saturated carbocycles. The normalized spacial score (nSPS) is 11.0. The van der Waals surface area contributed by atoms with Gasteiger partial charge in [-0.1, -0.05) is 24.3 Å². The summed E-state index contributed by atoms with van der Waals surface area (Å²) in [6.07, 6.45) is 0. The maximum atomic E-state index is 13.2. The molecule has 0 aromatic heterocycles. The van der Waals surface area contributed by atoms with Gasteiger partial charge in [-0.05, 0) is 54.6 Å². The second kappa shape index (κ2) is 7.59. The molecule has 0 fully saturated rings. The van der Waals surface area contributed by atoms with E-state index in [1.165, 1.54) is 61.6 Å². The van der Waals surface area contributed by atoms with Gasteiger partial charge < -0.3 is 4.74 Å². The third kappa shape index (κ3) is 4.15. The Morgan fingerprint density at radius 1 is 0.926 bits per heavy atom. The molecule has 3 aromatic carbocycles. The van der Waals surface area contributed by atoms with E-state index < -0.39 is 21.8 Å². The minimum Gasteiger partial charge on any atom is -0.423 e. The predicted octanol–water partition coefficient (Wildman–Crippen LogP) is 3.87. The first-order valence-electron chi connectivity index (χ1n) is 8.00. The van der Waals surface area contributed by atoms with E-state index in [0.29, 0.717) is 5.69 Å². The van der Waals surface area contributed by atoms with Crippen molar-refractivity contribution in [3.8, 4) is 5.75 Å². The smallest absolute Gasteiger partial charge is 0.343 e. The number of benzene rings is 3. The molecule has 0 N–H and O–H groups in total. The summed E-state index contributed by atoms with van der Waals surface area (Å²) in [5, 5.41) is 0. The van der Waals surface area contributed by atoms with Gasteiger partial charge in [0.25, 0.3) is 10.0 Å². The monoisotopic (exact) mass is 385 g/mol. The van der Waals surface area contributed by atoms with E-state index >= 15 is 0 Å². The van der Waals surface area contributed by atoms with Gasteiger partial charge in [0, 0.05) is 7.05 Å². The van der Waals surface area contributed by atoms with Crippen LogP contribution in [0.25, 0.3) is 0 Å². The molecule has 0 amide bonds. The molecular weight excluding hydrogens is 369 g/mol. The number of esters is 1. The number of carbonyl (C=O) groups is 1. The van der Waals surface area contributed by atoms with Crippen molar-refractivity contribution in [2.75, 3.05) is 11.4 Å². The average molecular weight is 385 g/mol. The number of sulfonamides is 1. The summed E-state index contributed by atoms with van der Waals surface area (Å²) in [7, 11) is -2.25. The Hall–Kier alpha value is -3.19. The number of halogens is 1. The first-order chi connectivity index (χ1) is 12.9. The quantitative estimate of drug-likeness (QED) is 0.494. The van der Waals surface area contributed by atoms with E-state index in [2.05, 4.69) is 0 Å². The van der Waals surface area contributed by atoms with Crippen LogP contribution >= 0.6 is 0 Å². The highest BCUT2D eigenvalue weighted by Gasteiger charge is 2.21. The molecule has 3 rings (SSSR count). The number of rotatable bonds is 5. The van der Waals surface area contributed by atoms with Gasteiger partial charge in [0.1, 0.15) is 11.6 Å². The molecule has 0 spiro atoms. The molecule has 0 unspecified atom stereocenters. The lowest BCUT2D eigenvalue weighted by atomic mass is 10.2. The molecule has 3 aromatic rings. The lowest BCUT2D eigenvalue weighted by Gasteiger charge is -2.19. The van der Waals surface area contributed by atoms with Crippen LogP contribution in [-0.4, -0.2) is 21.4 Å². The van der Waals surface area contributed by atoms with E-state index in [4.69, 9.17) is 4.74 Å². The van der Waals surface area contributed by atoms with Crippen molar-refractivity contribution in [1.29, 1.82) is 0 Å². The summed E-state index contributed by atoms with van der Waals surface area (Å²) < 4.78 is 44.8. The van der Waals surface area contributed by atoms with E-state index in [1.807, 2.05) is 0 Å². The highest BCUT2D eigenvalue weighted by molar-refractivity contribution is 7.92. The van der Waals surface area contributed by atoms with Gasteiger partial charge >= 0.3 is 5.97 Å². The molecule has 0 radical (unpaired) electrons. The highest BCUT2D eigenvalue weighted by Crippen LogP contribution is 2.24. The van der Waals surface area contributed by atoms with Crippen LogP contribution in [0.5, 0.6) is 5.75 Å². The van der Waals surface area contributed by atoms with Crippen molar-refractivity contribution in [2.45, 2.75) is 4.90 Å². The van der Waals surface area contributed by atoms with Gasteiger partial charge in [-0.3, -0.25) is 4.31 Å². The van der Waals surface area contributed by atoms with Crippen molar-refractivity contribution in [3.63, 3.8) is 0 Å². The van der Waals surface area contributed by atoms with Crippen molar-refractivity contribution in [2.24, 2.45) is 0 Å². The van der Waals surface area contributed by atoms with Crippen molar-refractivity contribution in [1.82, 2.24) is 0 Å². The maximum Gasteiger partial charge on any atom is 0.343 e. The number of nitrogens with zero attached hydrogens (tertiary/aromatic N) is 1. The van der Waals surface area contributed by atoms with Gasteiger partial charge in [-0.25, -0.2) is 17.6 Å². The molecule has 138 valence electrons. The largest absolute Gasteiger partial charge is 0.423 e. The Balaban J connectivity index is 1.76. The fourth-order valence-electron chi connectivity index (χ4n) is 2.39. The average Bonchev–Trinajstić information content (AvgIpc) is 2.68. The zero-order valence-electron chi connectivity index (χ0n) is 14.4. The number of ether oxygens (including phenoxy) is 1. The summed E-state index contributed by atoms with van der Waals surface area (Å²) >= 11 is 0. The first kappa shape index (κ1) is 18.6. The highest BCUT2D eigenvalue weighted by atomic mass is 32.2. The summed E-state index contributed by atoms with van der Waals surface area (Å²) in [5.74, 6) is -1.02. The van der Waals surface area contributed by atoms with Crippen LogP contribution in [0, 0.1) is 5.82 Å². The fourth-order valence-corrected chi connectivity index (χ4v) is 3.61. The molecule has 0 atom stereocenters. The molecule has 0 bridgehead atoms. The zero-order valence-corrected chi connectivity index (χ0v) is 15.2. The maximum absolute atomic E-state index is 13.2. The van der Waals surface area contributed by atoms with E-state index in [0.717, 1.165) is 10.4 Å². The van der Waals surface area contributed by atoms with Crippen LogP contribution in [0.15, 0.2) is 83.8 Å². The first-order valence-corrected chi connectivity index (χ1v) is 9.44. The number of hydrogen-bond acceptors (Lipinski definition) is 4. The standard InChI is InChI=1S/C20H16FNO4S/c1-22(27(24,25)19-8-3-2-4-9-19)17-10-12-18(13-11-17)26-20(23)15-6-5-7-16(21)14-15/h2-14H,1H3. The lowest BCUT2D eigenvalue weighted by molar-refractivity contribution is 0.0734. The second-order valence-electron chi connectivity index (χ2n) is 5.68. The second-order valence-corrected chi connectivity index (χ2v) is 7.65. The van der Waals surface area contributed by atoms with Gasteiger partial charge in [0.2, 0.25) is 0 Å². The third-order valence-corrected chi connectivity index (χ3v) is 5.67. The zero-order chi connectivity index (χ0) is 19.4. The Morgan fingerprint density at radius 3 is 2.22 bits per heavy atom. The fraction of sp³-hybridized carbons (Fsp3) is 0.0500. The Labute approximate surface area is 156 Å². The Kier molecular flexibility index (Phi) is 5.23. The minimum absolute atomic E-state index is 0.0860. The van der Waals surface area contributed by atoms with Crippen LogP contribution in [0.4, 0.5) is 10.1 Å². The molecule has 0 aliphatic carbocycles. The number of anilines is 1. The summed E-state index contributed by atoms with van der Waals surface area (Å²) in [4.78, 5) is 12.2. The SMILES string of the molecule is CN(c1ccc(OC(=O)c2cccc(F)c2)cc1)S(=O)(=O)c1ccccc1. The van der Waals surface area contributed by atoms with E-state index in [-0.39, 0.29) is 16.2 Å². The van der Waals surface area contributed by atoms with Crippen LogP contribution in [-0.2, 0) is 10.0 Å².